The van der Waals surface area contributed by atoms with E-state index in [9.17, 15) is 4.79 Å². The molecule has 0 aliphatic carbocycles. The van der Waals surface area contributed by atoms with Crippen molar-refractivity contribution in [3.63, 3.8) is 0 Å². The van der Waals surface area contributed by atoms with E-state index >= 15 is 0 Å². The molecule has 5 nitrogen and oxygen atoms in total. The summed E-state index contributed by atoms with van der Waals surface area (Å²) in [5.41, 5.74) is 1.88. The number of anilines is 1. The standard InChI is InChI=1S/C15H15NO4/c1-19-12-8-5-9-13(20-2)14(12)10-6-3-4-7-11(10)16-15(17)18/h3-9,16H,1-2H3,(H,17,18). The fourth-order valence-corrected chi connectivity index (χ4v) is 2.04. The lowest BCUT2D eigenvalue weighted by atomic mass is 10.0. The van der Waals surface area contributed by atoms with Crippen LogP contribution < -0.4 is 14.8 Å². The monoisotopic (exact) mass is 273 g/mol. The van der Waals surface area contributed by atoms with Gasteiger partial charge in [-0.2, -0.15) is 0 Å². The van der Waals surface area contributed by atoms with Crippen LogP contribution in [0.25, 0.3) is 11.1 Å². The normalized spacial score (nSPS) is 9.90. The van der Waals surface area contributed by atoms with Crippen LogP contribution in [-0.4, -0.2) is 25.4 Å². The quantitative estimate of drug-likeness (QED) is 0.895. The lowest BCUT2D eigenvalue weighted by molar-refractivity contribution is 0.210. The molecule has 2 aromatic carbocycles. The second-order valence-corrected chi connectivity index (χ2v) is 4.01. The summed E-state index contributed by atoms with van der Waals surface area (Å²) in [6.45, 7) is 0. The van der Waals surface area contributed by atoms with E-state index in [2.05, 4.69) is 5.32 Å². The minimum atomic E-state index is -1.12. The Morgan fingerprint density at radius 3 is 2.15 bits per heavy atom. The lowest BCUT2D eigenvalue weighted by Crippen LogP contribution is -2.08. The SMILES string of the molecule is COc1cccc(OC)c1-c1ccccc1NC(=O)O. The third kappa shape index (κ3) is 2.66. The van der Waals surface area contributed by atoms with Crippen LogP contribution in [0.4, 0.5) is 10.5 Å². The molecule has 2 aromatic rings. The van der Waals surface area contributed by atoms with Gasteiger partial charge < -0.3 is 14.6 Å². The molecule has 0 fully saturated rings. The Labute approximate surface area is 116 Å². The Kier molecular flexibility index (Phi) is 4.10. The zero-order valence-electron chi connectivity index (χ0n) is 11.2. The fraction of sp³-hybridized carbons (Fsp3) is 0.133. The average Bonchev–Trinajstić information content (AvgIpc) is 2.46. The molecule has 2 rings (SSSR count). The highest BCUT2D eigenvalue weighted by Gasteiger charge is 2.16. The van der Waals surface area contributed by atoms with E-state index in [0.29, 0.717) is 28.3 Å². The van der Waals surface area contributed by atoms with Gasteiger partial charge in [-0.15, -0.1) is 0 Å². The summed E-state index contributed by atoms with van der Waals surface area (Å²) in [5.74, 6) is 1.23. The van der Waals surface area contributed by atoms with E-state index in [1.807, 2.05) is 18.2 Å². The molecule has 0 saturated heterocycles. The van der Waals surface area contributed by atoms with Crippen LogP contribution in [-0.2, 0) is 0 Å². The Hall–Kier alpha value is -2.69. The number of hydrogen-bond donors (Lipinski definition) is 2. The maximum atomic E-state index is 10.9. The van der Waals surface area contributed by atoms with E-state index in [1.165, 1.54) is 0 Å². The molecule has 0 heterocycles. The molecule has 5 heteroatoms. The predicted molar refractivity (Wildman–Crippen MR) is 76.6 cm³/mol. The van der Waals surface area contributed by atoms with Crippen LogP contribution in [0.3, 0.4) is 0 Å². The molecule has 0 aliphatic heterocycles. The molecule has 1 amide bonds. The van der Waals surface area contributed by atoms with Crippen LogP contribution in [0.15, 0.2) is 42.5 Å². The van der Waals surface area contributed by atoms with Crippen molar-refractivity contribution in [2.24, 2.45) is 0 Å². The Bertz CT molecular complexity index is 603. The van der Waals surface area contributed by atoms with Crippen molar-refractivity contribution in [2.75, 3.05) is 19.5 Å². The fourth-order valence-electron chi connectivity index (χ4n) is 2.04. The summed E-state index contributed by atoms with van der Waals surface area (Å²) < 4.78 is 10.7. The van der Waals surface area contributed by atoms with E-state index in [-0.39, 0.29) is 0 Å². The molecule has 0 radical (unpaired) electrons. The number of benzene rings is 2. The highest BCUT2D eigenvalue weighted by atomic mass is 16.5. The van der Waals surface area contributed by atoms with Crippen molar-refractivity contribution in [3.8, 4) is 22.6 Å². The van der Waals surface area contributed by atoms with E-state index in [4.69, 9.17) is 14.6 Å². The summed E-state index contributed by atoms with van der Waals surface area (Å²) in [4.78, 5) is 10.9. The van der Waals surface area contributed by atoms with Crippen molar-refractivity contribution in [1.82, 2.24) is 0 Å². The van der Waals surface area contributed by atoms with Crippen molar-refractivity contribution in [2.45, 2.75) is 0 Å². The maximum Gasteiger partial charge on any atom is 0.409 e. The van der Waals surface area contributed by atoms with Crippen LogP contribution >= 0.6 is 0 Å². The molecule has 104 valence electrons. The zero-order valence-corrected chi connectivity index (χ0v) is 11.2. The Morgan fingerprint density at radius 2 is 1.60 bits per heavy atom. The number of ether oxygens (including phenoxy) is 2. The third-order valence-corrected chi connectivity index (χ3v) is 2.87. The number of hydrogen-bond acceptors (Lipinski definition) is 3. The summed E-state index contributed by atoms with van der Waals surface area (Å²) >= 11 is 0. The molecular formula is C15H15NO4. The number of rotatable bonds is 4. The molecule has 0 spiro atoms. The van der Waals surface area contributed by atoms with Gasteiger partial charge in [0.25, 0.3) is 0 Å². The molecule has 0 aromatic heterocycles. The minimum Gasteiger partial charge on any atom is -0.496 e. The summed E-state index contributed by atoms with van der Waals surface area (Å²) in [6, 6.07) is 12.5. The molecule has 0 bridgehead atoms. The lowest BCUT2D eigenvalue weighted by Gasteiger charge is -2.16. The van der Waals surface area contributed by atoms with Gasteiger partial charge in [-0.05, 0) is 18.2 Å². The minimum absolute atomic E-state index is 0.475. The number of methoxy groups -OCH3 is 2. The van der Waals surface area contributed by atoms with E-state index < -0.39 is 6.09 Å². The van der Waals surface area contributed by atoms with Gasteiger partial charge in [0.05, 0.1) is 25.5 Å². The second kappa shape index (κ2) is 5.97. The second-order valence-electron chi connectivity index (χ2n) is 4.01. The van der Waals surface area contributed by atoms with Crippen LogP contribution in [0, 0.1) is 0 Å². The largest absolute Gasteiger partial charge is 0.496 e. The molecule has 20 heavy (non-hydrogen) atoms. The highest BCUT2D eigenvalue weighted by molar-refractivity contribution is 5.93. The predicted octanol–water partition coefficient (Wildman–Crippen LogP) is 3.46. The molecule has 0 saturated carbocycles. The molecule has 0 aliphatic rings. The summed E-state index contributed by atoms with van der Waals surface area (Å²) in [7, 11) is 3.12. The van der Waals surface area contributed by atoms with Crippen LogP contribution in [0.2, 0.25) is 0 Å². The van der Waals surface area contributed by atoms with Gasteiger partial charge in [-0.25, -0.2) is 4.79 Å². The van der Waals surface area contributed by atoms with E-state index in [0.717, 1.165) is 0 Å². The first kappa shape index (κ1) is 13.7. The molecular weight excluding hydrogens is 258 g/mol. The number of para-hydroxylation sites is 1. The maximum absolute atomic E-state index is 10.9. The smallest absolute Gasteiger partial charge is 0.409 e. The van der Waals surface area contributed by atoms with Gasteiger partial charge in [0, 0.05) is 5.56 Å². The molecule has 0 unspecified atom stereocenters. The van der Waals surface area contributed by atoms with Gasteiger partial charge in [-0.3, -0.25) is 5.32 Å². The van der Waals surface area contributed by atoms with Crippen molar-refractivity contribution < 1.29 is 19.4 Å². The first-order chi connectivity index (χ1) is 9.67. The van der Waals surface area contributed by atoms with E-state index in [1.54, 1.807) is 38.5 Å². The van der Waals surface area contributed by atoms with Gasteiger partial charge in [0.15, 0.2) is 0 Å². The van der Waals surface area contributed by atoms with Crippen molar-refractivity contribution in [3.05, 3.63) is 42.5 Å². The zero-order chi connectivity index (χ0) is 14.5. The Morgan fingerprint density at radius 1 is 1.00 bits per heavy atom. The van der Waals surface area contributed by atoms with Gasteiger partial charge in [-0.1, -0.05) is 24.3 Å². The third-order valence-electron chi connectivity index (χ3n) is 2.87. The number of carbonyl (C=O) groups is 1. The van der Waals surface area contributed by atoms with Gasteiger partial charge >= 0.3 is 6.09 Å². The Balaban J connectivity index is 2.64. The van der Waals surface area contributed by atoms with Gasteiger partial charge in [0.2, 0.25) is 0 Å². The van der Waals surface area contributed by atoms with Crippen LogP contribution in [0.5, 0.6) is 11.5 Å². The number of amides is 1. The first-order valence-electron chi connectivity index (χ1n) is 5.97. The van der Waals surface area contributed by atoms with Crippen molar-refractivity contribution >= 4 is 11.8 Å². The summed E-state index contributed by atoms with van der Waals surface area (Å²) in [6.07, 6.45) is -1.12. The summed E-state index contributed by atoms with van der Waals surface area (Å²) in [5, 5.41) is 11.3. The average molecular weight is 273 g/mol. The highest BCUT2D eigenvalue weighted by Crippen LogP contribution is 2.41. The van der Waals surface area contributed by atoms with Crippen molar-refractivity contribution in [1.29, 1.82) is 0 Å². The number of carboxylic acid groups (broad SMARTS) is 1. The number of nitrogens with one attached hydrogen (secondary N) is 1. The topological polar surface area (TPSA) is 67.8 Å². The van der Waals surface area contributed by atoms with Gasteiger partial charge in [0.1, 0.15) is 11.5 Å². The molecule has 2 N–H and O–H groups in total. The molecule has 0 atom stereocenters. The van der Waals surface area contributed by atoms with Crippen LogP contribution in [0.1, 0.15) is 0 Å². The first-order valence-corrected chi connectivity index (χ1v) is 5.97.